The van der Waals surface area contributed by atoms with E-state index in [2.05, 4.69) is 35.7 Å². The first-order chi connectivity index (χ1) is 15.3. The van der Waals surface area contributed by atoms with Crippen molar-refractivity contribution < 1.29 is 4.74 Å². The Labute approximate surface area is 181 Å². The van der Waals surface area contributed by atoms with E-state index in [-0.39, 0.29) is 0 Å². The van der Waals surface area contributed by atoms with Crippen LogP contribution in [0.1, 0.15) is 10.7 Å². The van der Waals surface area contributed by atoms with Crippen LogP contribution >= 0.6 is 11.3 Å². The van der Waals surface area contributed by atoms with E-state index in [9.17, 15) is 0 Å². The number of imidazole rings is 1. The van der Waals surface area contributed by atoms with Crippen molar-refractivity contribution in [3.63, 3.8) is 0 Å². The number of fused-ring (bicyclic) bond motifs is 2. The summed E-state index contributed by atoms with van der Waals surface area (Å²) in [6.45, 7) is 5.81. The molecule has 0 atom stereocenters. The van der Waals surface area contributed by atoms with Crippen LogP contribution in [-0.4, -0.2) is 61.0 Å². The maximum absolute atomic E-state index is 5.57. The van der Waals surface area contributed by atoms with E-state index < -0.39 is 0 Å². The molecule has 5 aromatic rings. The molecular weight excluding hydrogens is 412 g/mol. The van der Waals surface area contributed by atoms with Crippen LogP contribution in [0.2, 0.25) is 0 Å². The first-order valence-electron chi connectivity index (χ1n) is 10.1. The number of hydrogen-bond donors (Lipinski definition) is 1. The smallest absolute Gasteiger partial charge is 0.164 e. The van der Waals surface area contributed by atoms with Crippen molar-refractivity contribution in [3.05, 3.63) is 47.8 Å². The van der Waals surface area contributed by atoms with Gasteiger partial charge in [-0.2, -0.15) is 5.10 Å². The zero-order valence-electron chi connectivity index (χ0n) is 16.9. The van der Waals surface area contributed by atoms with Crippen molar-refractivity contribution in [1.82, 2.24) is 34.7 Å². The number of morpholine rings is 1. The van der Waals surface area contributed by atoms with Gasteiger partial charge in [0, 0.05) is 47.5 Å². The highest BCUT2D eigenvalue weighted by molar-refractivity contribution is 7.19. The van der Waals surface area contributed by atoms with E-state index in [0.717, 1.165) is 58.0 Å². The second kappa shape index (κ2) is 7.40. The number of nitrogens with zero attached hydrogens (tertiary/aromatic N) is 7. The SMILES string of the molecule is Cc1nccn1Cc1cc2nc(-c3cncc4[nH]ncc34)nc(N3CCOCC3)c2s1. The lowest BCUT2D eigenvalue weighted by Gasteiger charge is -2.28. The Morgan fingerprint density at radius 3 is 2.90 bits per heavy atom. The summed E-state index contributed by atoms with van der Waals surface area (Å²) in [4.78, 5) is 22.2. The first-order valence-corrected chi connectivity index (χ1v) is 11.0. The predicted molar refractivity (Wildman–Crippen MR) is 119 cm³/mol. The first kappa shape index (κ1) is 18.4. The van der Waals surface area contributed by atoms with Crippen LogP contribution in [0.5, 0.6) is 0 Å². The zero-order chi connectivity index (χ0) is 20.8. The van der Waals surface area contributed by atoms with Crippen LogP contribution in [0.15, 0.2) is 37.1 Å². The molecule has 0 spiro atoms. The van der Waals surface area contributed by atoms with Gasteiger partial charge in [-0.15, -0.1) is 11.3 Å². The van der Waals surface area contributed by atoms with E-state index >= 15 is 0 Å². The molecule has 6 heterocycles. The number of aryl methyl sites for hydroxylation is 1. The quantitative estimate of drug-likeness (QED) is 0.466. The van der Waals surface area contributed by atoms with Gasteiger partial charge < -0.3 is 14.2 Å². The highest BCUT2D eigenvalue weighted by Crippen LogP contribution is 2.36. The van der Waals surface area contributed by atoms with Crippen LogP contribution in [-0.2, 0) is 11.3 Å². The molecule has 0 bridgehead atoms. The van der Waals surface area contributed by atoms with Gasteiger partial charge >= 0.3 is 0 Å². The van der Waals surface area contributed by atoms with Crippen LogP contribution in [0.3, 0.4) is 0 Å². The lowest BCUT2D eigenvalue weighted by atomic mass is 10.2. The lowest BCUT2D eigenvalue weighted by Crippen LogP contribution is -2.36. The van der Waals surface area contributed by atoms with Gasteiger partial charge in [-0.25, -0.2) is 15.0 Å². The van der Waals surface area contributed by atoms with Gasteiger partial charge in [0.1, 0.15) is 5.82 Å². The molecule has 0 aromatic carbocycles. The standard InChI is InChI=1S/C21H20N8OS/c1-13-23-2-3-29(13)12-14-8-17-19(31-14)21(28-4-6-30-7-5-28)26-20(25-17)16-9-22-11-18-15(16)10-24-27-18/h2-3,8-11H,4-7,12H2,1H3,(H,24,27). The molecule has 0 unspecified atom stereocenters. The Morgan fingerprint density at radius 1 is 1.16 bits per heavy atom. The van der Waals surface area contributed by atoms with Gasteiger partial charge in [-0.1, -0.05) is 0 Å². The monoisotopic (exact) mass is 432 g/mol. The van der Waals surface area contributed by atoms with Gasteiger partial charge in [-0.05, 0) is 13.0 Å². The molecule has 156 valence electrons. The number of anilines is 1. The molecule has 31 heavy (non-hydrogen) atoms. The topological polar surface area (TPSA) is 97.6 Å². The molecule has 1 aliphatic heterocycles. The molecule has 0 radical (unpaired) electrons. The summed E-state index contributed by atoms with van der Waals surface area (Å²) in [7, 11) is 0. The summed E-state index contributed by atoms with van der Waals surface area (Å²) in [5, 5.41) is 8.10. The Bertz CT molecular complexity index is 1380. The fraction of sp³-hybridized carbons (Fsp3) is 0.286. The summed E-state index contributed by atoms with van der Waals surface area (Å²) < 4.78 is 8.81. The lowest BCUT2D eigenvalue weighted by molar-refractivity contribution is 0.122. The van der Waals surface area contributed by atoms with Crippen molar-refractivity contribution in [2.75, 3.05) is 31.2 Å². The second-order valence-corrected chi connectivity index (χ2v) is 8.65. The highest BCUT2D eigenvalue weighted by Gasteiger charge is 2.21. The summed E-state index contributed by atoms with van der Waals surface area (Å²) in [6, 6.07) is 2.16. The molecule has 6 rings (SSSR count). The van der Waals surface area contributed by atoms with Crippen molar-refractivity contribution >= 4 is 38.3 Å². The van der Waals surface area contributed by atoms with Crippen molar-refractivity contribution in [1.29, 1.82) is 0 Å². The molecular formula is C21H20N8OS. The molecule has 1 aliphatic rings. The Morgan fingerprint density at radius 2 is 2.06 bits per heavy atom. The third kappa shape index (κ3) is 3.24. The van der Waals surface area contributed by atoms with E-state index in [4.69, 9.17) is 14.7 Å². The number of aromatic nitrogens is 7. The van der Waals surface area contributed by atoms with E-state index in [1.165, 1.54) is 4.88 Å². The molecule has 5 aromatic heterocycles. The number of hydrogen-bond acceptors (Lipinski definition) is 8. The van der Waals surface area contributed by atoms with Crippen LogP contribution in [0.4, 0.5) is 5.82 Å². The molecule has 9 nitrogen and oxygen atoms in total. The number of H-pyrrole nitrogens is 1. The van der Waals surface area contributed by atoms with Crippen LogP contribution in [0.25, 0.3) is 32.5 Å². The van der Waals surface area contributed by atoms with Gasteiger partial charge in [0.05, 0.1) is 47.9 Å². The van der Waals surface area contributed by atoms with Crippen LogP contribution < -0.4 is 4.90 Å². The third-order valence-corrected chi connectivity index (χ3v) is 6.68. The summed E-state index contributed by atoms with van der Waals surface area (Å²) in [5.41, 5.74) is 2.70. The van der Waals surface area contributed by atoms with Crippen molar-refractivity contribution in [2.24, 2.45) is 0 Å². The minimum atomic E-state index is 0.664. The summed E-state index contributed by atoms with van der Waals surface area (Å²) in [6.07, 6.45) is 9.21. The highest BCUT2D eigenvalue weighted by atomic mass is 32.1. The molecule has 1 fully saturated rings. The van der Waals surface area contributed by atoms with Gasteiger partial charge in [0.15, 0.2) is 11.6 Å². The van der Waals surface area contributed by atoms with E-state index in [0.29, 0.717) is 19.0 Å². The number of pyridine rings is 1. The third-order valence-electron chi connectivity index (χ3n) is 5.57. The number of aromatic amines is 1. The van der Waals surface area contributed by atoms with Crippen LogP contribution in [0, 0.1) is 6.92 Å². The average molecular weight is 433 g/mol. The number of rotatable bonds is 4. The zero-order valence-corrected chi connectivity index (χ0v) is 17.8. The van der Waals surface area contributed by atoms with Gasteiger partial charge in [0.2, 0.25) is 0 Å². The van der Waals surface area contributed by atoms with Gasteiger partial charge in [-0.3, -0.25) is 10.1 Å². The minimum Gasteiger partial charge on any atom is -0.378 e. The molecule has 10 heteroatoms. The normalized spacial score (nSPS) is 14.7. The van der Waals surface area contributed by atoms with Crippen molar-refractivity contribution in [3.8, 4) is 11.4 Å². The fourth-order valence-electron chi connectivity index (χ4n) is 3.93. The van der Waals surface area contributed by atoms with Crippen molar-refractivity contribution in [2.45, 2.75) is 13.5 Å². The second-order valence-electron chi connectivity index (χ2n) is 7.52. The Balaban J connectivity index is 1.51. The molecule has 0 aliphatic carbocycles. The fourth-order valence-corrected chi connectivity index (χ4v) is 5.05. The number of thiophene rings is 1. The van der Waals surface area contributed by atoms with E-state index in [1.54, 1.807) is 23.7 Å². The van der Waals surface area contributed by atoms with E-state index in [1.807, 2.05) is 25.5 Å². The minimum absolute atomic E-state index is 0.664. The summed E-state index contributed by atoms with van der Waals surface area (Å²) in [5.74, 6) is 2.62. The Kier molecular flexibility index (Phi) is 4.39. The van der Waals surface area contributed by atoms with Gasteiger partial charge in [0.25, 0.3) is 0 Å². The largest absolute Gasteiger partial charge is 0.378 e. The molecule has 0 saturated carbocycles. The maximum atomic E-state index is 5.57. The predicted octanol–water partition coefficient (Wildman–Crippen LogP) is 3.02. The maximum Gasteiger partial charge on any atom is 0.164 e. The average Bonchev–Trinajstić information content (AvgIpc) is 3.53. The molecule has 1 saturated heterocycles. The summed E-state index contributed by atoms with van der Waals surface area (Å²) >= 11 is 1.74. The number of ether oxygens (including phenoxy) is 1. The Hall–Kier alpha value is -3.37. The molecule has 0 amide bonds. The molecule has 1 N–H and O–H groups in total. The number of nitrogens with one attached hydrogen (secondary N) is 1.